The Morgan fingerprint density at radius 3 is 1.45 bits per heavy atom. The zero-order valence-electron chi connectivity index (χ0n) is 7.63. The molecule has 0 unspecified atom stereocenters. The highest BCUT2D eigenvalue weighted by Gasteiger charge is 2.39. The Balaban J connectivity index is 2.73. The highest BCUT2D eigenvalue weighted by Crippen LogP contribution is 2.54. The molecule has 0 aromatic carbocycles. The van der Waals surface area contributed by atoms with Gasteiger partial charge in [0.15, 0.2) is 0 Å². The van der Waals surface area contributed by atoms with Crippen molar-refractivity contribution < 1.29 is 0 Å². The van der Waals surface area contributed by atoms with Gasteiger partial charge in [0.05, 0.1) is 4.08 Å². The third kappa shape index (κ3) is 1.62. The molecule has 64 valence electrons. The molecule has 0 radical (unpaired) electrons. The first-order valence-electron chi connectivity index (χ1n) is 4.10. The van der Waals surface area contributed by atoms with Gasteiger partial charge in [-0.2, -0.15) is 0 Å². The molecule has 0 aliphatic carbocycles. The van der Waals surface area contributed by atoms with Crippen molar-refractivity contribution in [3.8, 4) is 0 Å². The molecule has 2 heteroatoms. The van der Waals surface area contributed by atoms with E-state index in [1.54, 1.807) is 0 Å². The van der Waals surface area contributed by atoms with Crippen LogP contribution in [0.15, 0.2) is 10.8 Å². The molecule has 0 spiro atoms. The SMILES string of the molecule is CC(C)C1(C(C)C)SC=CS1. The van der Waals surface area contributed by atoms with Crippen molar-refractivity contribution in [2.75, 3.05) is 0 Å². The van der Waals surface area contributed by atoms with Crippen LogP contribution in [0, 0.1) is 11.8 Å². The van der Waals surface area contributed by atoms with E-state index in [4.69, 9.17) is 0 Å². The van der Waals surface area contributed by atoms with E-state index in [0.29, 0.717) is 4.08 Å². The number of hydrogen-bond acceptors (Lipinski definition) is 2. The van der Waals surface area contributed by atoms with Crippen LogP contribution in [-0.2, 0) is 0 Å². The molecular weight excluding hydrogens is 172 g/mol. The van der Waals surface area contributed by atoms with Crippen molar-refractivity contribution in [3.05, 3.63) is 10.8 Å². The fourth-order valence-corrected chi connectivity index (χ4v) is 4.02. The number of thioether (sulfide) groups is 2. The lowest BCUT2D eigenvalue weighted by Gasteiger charge is -2.35. The Kier molecular flexibility index (Phi) is 2.98. The summed E-state index contributed by atoms with van der Waals surface area (Å²) < 4.78 is 0.417. The van der Waals surface area contributed by atoms with Crippen LogP contribution in [0.1, 0.15) is 27.7 Å². The molecule has 0 bridgehead atoms. The third-order valence-electron chi connectivity index (χ3n) is 2.17. The zero-order valence-corrected chi connectivity index (χ0v) is 9.26. The van der Waals surface area contributed by atoms with Gasteiger partial charge in [-0.05, 0) is 22.7 Å². The molecule has 0 amide bonds. The van der Waals surface area contributed by atoms with Crippen LogP contribution in [0.25, 0.3) is 0 Å². The average Bonchev–Trinajstić information content (AvgIpc) is 2.34. The molecule has 0 nitrogen and oxygen atoms in total. The van der Waals surface area contributed by atoms with Crippen molar-refractivity contribution in [1.82, 2.24) is 0 Å². The van der Waals surface area contributed by atoms with E-state index in [-0.39, 0.29) is 0 Å². The predicted molar refractivity (Wildman–Crippen MR) is 56.7 cm³/mol. The van der Waals surface area contributed by atoms with E-state index in [1.165, 1.54) is 0 Å². The molecule has 0 aromatic heterocycles. The first kappa shape index (κ1) is 9.53. The molecule has 0 aromatic rings. The van der Waals surface area contributed by atoms with Gasteiger partial charge in [0.25, 0.3) is 0 Å². The van der Waals surface area contributed by atoms with Crippen molar-refractivity contribution >= 4 is 23.5 Å². The molecule has 0 N–H and O–H groups in total. The highest BCUT2D eigenvalue weighted by molar-refractivity contribution is 8.23. The Hall–Kier alpha value is 0.440. The lowest BCUT2D eigenvalue weighted by atomic mass is 9.99. The molecule has 1 aliphatic rings. The highest BCUT2D eigenvalue weighted by atomic mass is 32.2. The summed E-state index contributed by atoms with van der Waals surface area (Å²) in [7, 11) is 0. The second kappa shape index (κ2) is 3.44. The maximum absolute atomic E-state index is 2.31. The van der Waals surface area contributed by atoms with Crippen molar-refractivity contribution in [2.24, 2.45) is 11.8 Å². The predicted octanol–water partition coefficient (Wildman–Crippen LogP) is 3.95. The van der Waals surface area contributed by atoms with Crippen LogP contribution in [0.4, 0.5) is 0 Å². The van der Waals surface area contributed by atoms with E-state index >= 15 is 0 Å². The summed E-state index contributed by atoms with van der Waals surface area (Å²) in [5, 5.41) is 4.45. The summed E-state index contributed by atoms with van der Waals surface area (Å²) in [5.74, 6) is 1.49. The third-order valence-corrected chi connectivity index (χ3v) is 6.09. The quantitative estimate of drug-likeness (QED) is 0.643. The van der Waals surface area contributed by atoms with Gasteiger partial charge >= 0.3 is 0 Å². The minimum Gasteiger partial charge on any atom is -0.115 e. The number of hydrogen-bond donors (Lipinski definition) is 0. The van der Waals surface area contributed by atoms with E-state index in [2.05, 4.69) is 38.5 Å². The van der Waals surface area contributed by atoms with Gasteiger partial charge in [-0.15, -0.1) is 23.5 Å². The normalized spacial score (nSPS) is 22.0. The molecule has 11 heavy (non-hydrogen) atoms. The topological polar surface area (TPSA) is 0 Å². The Bertz CT molecular complexity index is 141. The van der Waals surface area contributed by atoms with Crippen molar-refractivity contribution in [3.63, 3.8) is 0 Å². The Morgan fingerprint density at radius 1 is 0.909 bits per heavy atom. The molecule has 0 fully saturated rings. The van der Waals surface area contributed by atoms with Gasteiger partial charge < -0.3 is 0 Å². The fourth-order valence-electron chi connectivity index (χ4n) is 1.51. The minimum atomic E-state index is 0.417. The first-order chi connectivity index (χ1) is 5.09. The first-order valence-corrected chi connectivity index (χ1v) is 5.86. The van der Waals surface area contributed by atoms with E-state index < -0.39 is 0 Å². The monoisotopic (exact) mass is 188 g/mol. The van der Waals surface area contributed by atoms with Crippen LogP contribution in [0.3, 0.4) is 0 Å². The van der Waals surface area contributed by atoms with Gasteiger partial charge in [-0.1, -0.05) is 27.7 Å². The summed E-state index contributed by atoms with van der Waals surface area (Å²) in [6.45, 7) is 9.25. The van der Waals surface area contributed by atoms with E-state index in [1.807, 2.05) is 23.5 Å². The van der Waals surface area contributed by atoms with Gasteiger partial charge in [-0.25, -0.2) is 0 Å². The van der Waals surface area contributed by atoms with Crippen LogP contribution in [-0.4, -0.2) is 4.08 Å². The molecular formula is C9H16S2. The standard InChI is InChI=1S/C9H16S2/c1-7(2)9(8(3)4)10-5-6-11-9/h5-8H,1-4H3. The van der Waals surface area contributed by atoms with Gasteiger partial charge in [0.2, 0.25) is 0 Å². The van der Waals surface area contributed by atoms with Crippen LogP contribution >= 0.6 is 23.5 Å². The largest absolute Gasteiger partial charge is 0.115 e. The molecule has 1 aliphatic heterocycles. The smallest absolute Gasteiger partial charge is 0.0739 e. The van der Waals surface area contributed by atoms with Crippen molar-refractivity contribution in [1.29, 1.82) is 0 Å². The molecule has 0 saturated heterocycles. The van der Waals surface area contributed by atoms with Crippen LogP contribution in [0.5, 0.6) is 0 Å². The lowest BCUT2D eigenvalue weighted by molar-refractivity contribution is 0.453. The number of rotatable bonds is 2. The molecule has 1 rings (SSSR count). The second-order valence-corrected chi connectivity index (χ2v) is 6.16. The maximum atomic E-state index is 2.31. The van der Waals surface area contributed by atoms with Crippen LogP contribution in [0.2, 0.25) is 0 Å². The minimum absolute atomic E-state index is 0.417. The van der Waals surface area contributed by atoms with E-state index in [0.717, 1.165) is 11.8 Å². The maximum Gasteiger partial charge on any atom is 0.0739 e. The average molecular weight is 188 g/mol. The summed E-state index contributed by atoms with van der Waals surface area (Å²) in [5.41, 5.74) is 0. The van der Waals surface area contributed by atoms with Gasteiger partial charge in [0, 0.05) is 0 Å². The Morgan fingerprint density at radius 2 is 1.27 bits per heavy atom. The Labute approximate surface area is 78.2 Å². The lowest BCUT2D eigenvalue weighted by Crippen LogP contribution is -2.30. The summed E-state index contributed by atoms with van der Waals surface area (Å²) in [6, 6.07) is 0. The van der Waals surface area contributed by atoms with Crippen molar-refractivity contribution in [2.45, 2.75) is 31.8 Å². The van der Waals surface area contributed by atoms with Gasteiger partial charge in [0.1, 0.15) is 0 Å². The van der Waals surface area contributed by atoms with Gasteiger partial charge in [-0.3, -0.25) is 0 Å². The summed E-state index contributed by atoms with van der Waals surface area (Å²) in [4.78, 5) is 0. The van der Waals surface area contributed by atoms with Crippen LogP contribution < -0.4 is 0 Å². The fraction of sp³-hybridized carbons (Fsp3) is 0.778. The molecule has 0 saturated carbocycles. The summed E-state index contributed by atoms with van der Waals surface area (Å²) >= 11 is 3.98. The van der Waals surface area contributed by atoms with E-state index in [9.17, 15) is 0 Å². The zero-order chi connectivity index (χ0) is 8.48. The molecule has 1 heterocycles. The molecule has 0 atom stereocenters. The second-order valence-electron chi connectivity index (χ2n) is 3.54. The summed E-state index contributed by atoms with van der Waals surface area (Å²) in [6.07, 6.45) is 0.